The fourth-order valence-corrected chi connectivity index (χ4v) is 3.29. The summed E-state index contributed by atoms with van der Waals surface area (Å²) in [5.41, 5.74) is 5.59. The number of nitrogens with zero attached hydrogens (tertiary/aromatic N) is 3. The maximum Gasteiger partial charge on any atom is 0.203 e. The summed E-state index contributed by atoms with van der Waals surface area (Å²) in [6, 6.07) is 0.693. The molecule has 0 bridgehead atoms. The highest BCUT2D eigenvalue weighted by Gasteiger charge is 2.25. The molecule has 2 unspecified atom stereocenters. The van der Waals surface area contributed by atoms with E-state index in [0.717, 1.165) is 17.5 Å². The first-order valence-corrected chi connectivity index (χ1v) is 6.76. The van der Waals surface area contributed by atoms with Gasteiger partial charge in [-0.05, 0) is 25.8 Å². The van der Waals surface area contributed by atoms with Gasteiger partial charge >= 0.3 is 0 Å². The van der Waals surface area contributed by atoms with Crippen LogP contribution in [-0.2, 0) is 6.54 Å². The molecule has 0 amide bonds. The second-order valence-corrected chi connectivity index (χ2v) is 5.87. The van der Waals surface area contributed by atoms with E-state index >= 15 is 0 Å². The van der Waals surface area contributed by atoms with E-state index in [-0.39, 0.29) is 0 Å². The third kappa shape index (κ3) is 2.71. The summed E-state index contributed by atoms with van der Waals surface area (Å²) in [5.74, 6) is 0.795. The van der Waals surface area contributed by atoms with E-state index in [1.165, 1.54) is 37.0 Å². The van der Waals surface area contributed by atoms with Gasteiger partial charge in [0.15, 0.2) is 0 Å². The quantitative estimate of drug-likeness (QED) is 0.879. The lowest BCUT2D eigenvalue weighted by Crippen LogP contribution is -2.38. The van der Waals surface area contributed by atoms with Crippen molar-refractivity contribution in [1.29, 1.82) is 0 Å². The van der Waals surface area contributed by atoms with Crippen LogP contribution in [0, 0.1) is 5.92 Å². The molecule has 2 N–H and O–H groups in total. The van der Waals surface area contributed by atoms with Gasteiger partial charge in [-0.3, -0.25) is 4.90 Å². The first-order valence-electron chi connectivity index (χ1n) is 5.95. The van der Waals surface area contributed by atoms with Gasteiger partial charge in [0, 0.05) is 6.04 Å². The zero-order valence-corrected chi connectivity index (χ0v) is 10.8. The van der Waals surface area contributed by atoms with Crippen molar-refractivity contribution in [3.05, 3.63) is 5.01 Å². The third-order valence-corrected chi connectivity index (χ3v) is 4.24. The average Bonchev–Trinajstić information content (AvgIpc) is 2.64. The van der Waals surface area contributed by atoms with Gasteiger partial charge in [-0.1, -0.05) is 31.1 Å². The van der Waals surface area contributed by atoms with Crippen molar-refractivity contribution in [3.8, 4) is 0 Å². The second-order valence-electron chi connectivity index (χ2n) is 4.78. The van der Waals surface area contributed by atoms with E-state index in [2.05, 4.69) is 29.1 Å². The predicted octanol–water partition coefficient (Wildman–Crippen LogP) is 2.13. The molecule has 1 aromatic heterocycles. The molecule has 0 radical (unpaired) electrons. The van der Waals surface area contributed by atoms with Crippen molar-refractivity contribution >= 4 is 16.5 Å². The van der Waals surface area contributed by atoms with Crippen LogP contribution in [0.25, 0.3) is 0 Å². The maximum absolute atomic E-state index is 5.59. The first kappa shape index (κ1) is 11.8. The molecule has 1 fully saturated rings. The molecule has 90 valence electrons. The largest absolute Gasteiger partial charge is 0.374 e. The minimum Gasteiger partial charge on any atom is -0.374 e. The number of rotatable bonds is 3. The summed E-state index contributed by atoms with van der Waals surface area (Å²) in [7, 11) is 2.18. The number of hydrogen-bond acceptors (Lipinski definition) is 5. The van der Waals surface area contributed by atoms with Crippen LogP contribution in [0.2, 0.25) is 0 Å². The van der Waals surface area contributed by atoms with Crippen LogP contribution in [0.4, 0.5) is 5.13 Å². The van der Waals surface area contributed by atoms with Gasteiger partial charge in [0.25, 0.3) is 0 Å². The van der Waals surface area contributed by atoms with Crippen molar-refractivity contribution in [2.75, 3.05) is 12.8 Å². The molecule has 1 aliphatic rings. The summed E-state index contributed by atoms with van der Waals surface area (Å²) in [6.45, 7) is 3.23. The minimum absolute atomic E-state index is 0.570. The molecule has 1 aromatic rings. The number of nitrogen functional groups attached to an aromatic ring is 1. The molecule has 2 rings (SSSR count). The summed E-state index contributed by atoms with van der Waals surface area (Å²) in [4.78, 5) is 2.41. The van der Waals surface area contributed by atoms with E-state index in [0.29, 0.717) is 11.2 Å². The van der Waals surface area contributed by atoms with Crippen LogP contribution in [0.1, 0.15) is 37.6 Å². The Morgan fingerprint density at radius 2 is 2.12 bits per heavy atom. The topological polar surface area (TPSA) is 55.0 Å². The molecular formula is C11H20N4S. The van der Waals surface area contributed by atoms with Crippen molar-refractivity contribution in [2.24, 2.45) is 5.92 Å². The van der Waals surface area contributed by atoms with E-state index < -0.39 is 0 Å². The zero-order chi connectivity index (χ0) is 11.5. The average molecular weight is 240 g/mol. The molecule has 1 heterocycles. The molecule has 5 heteroatoms. The lowest BCUT2D eigenvalue weighted by Gasteiger charge is -2.35. The van der Waals surface area contributed by atoms with E-state index in [1.54, 1.807) is 0 Å². The number of nitrogens with two attached hydrogens (primary N) is 1. The monoisotopic (exact) mass is 240 g/mol. The van der Waals surface area contributed by atoms with Crippen LogP contribution < -0.4 is 5.73 Å². The predicted molar refractivity (Wildman–Crippen MR) is 67.2 cm³/mol. The van der Waals surface area contributed by atoms with Crippen LogP contribution in [-0.4, -0.2) is 28.2 Å². The highest BCUT2D eigenvalue weighted by Crippen LogP contribution is 2.28. The smallest absolute Gasteiger partial charge is 0.203 e. The molecule has 16 heavy (non-hydrogen) atoms. The Bertz CT molecular complexity index is 338. The Hall–Kier alpha value is -0.680. The fraction of sp³-hybridized carbons (Fsp3) is 0.818. The Labute approximate surface area is 101 Å². The zero-order valence-electron chi connectivity index (χ0n) is 10.0. The summed E-state index contributed by atoms with van der Waals surface area (Å²) in [5, 5.41) is 9.53. The number of aromatic nitrogens is 2. The van der Waals surface area contributed by atoms with Crippen molar-refractivity contribution in [3.63, 3.8) is 0 Å². The lowest BCUT2D eigenvalue weighted by molar-refractivity contribution is 0.133. The van der Waals surface area contributed by atoms with Gasteiger partial charge in [-0.15, -0.1) is 10.2 Å². The van der Waals surface area contributed by atoms with Crippen LogP contribution in [0.3, 0.4) is 0 Å². The van der Waals surface area contributed by atoms with Gasteiger partial charge in [0.05, 0.1) is 6.54 Å². The Balaban J connectivity index is 1.93. The molecule has 0 aromatic carbocycles. The molecule has 2 atom stereocenters. The van der Waals surface area contributed by atoms with Gasteiger partial charge in [-0.25, -0.2) is 0 Å². The van der Waals surface area contributed by atoms with Crippen LogP contribution in [0.5, 0.6) is 0 Å². The van der Waals surface area contributed by atoms with Gasteiger partial charge in [-0.2, -0.15) is 0 Å². The highest BCUT2D eigenvalue weighted by atomic mass is 32.1. The van der Waals surface area contributed by atoms with E-state index in [9.17, 15) is 0 Å². The van der Waals surface area contributed by atoms with E-state index in [1.807, 2.05) is 0 Å². The molecule has 0 spiro atoms. The Morgan fingerprint density at radius 3 is 2.75 bits per heavy atom. The first-order chi connectivity index (χ1) is 7.66. The lowest BCUT2D eigenvalue weighted by atomic mass is 9.85. The van der Waals surface area contributed by atoms with Gasteiger partial charge in [0.2, 0.25) is 5.13 Å². The number of hydrogen-bond donors (Lipinski definition) is 1. The molecule has 0 aliphatic heterocycles. The molecule has 0 saturated heterocycles. The third-order valence-electron chi connectivity index (χ3n) is 3.50. The molecular weight excluding hydrogens is 220 g/mol. The Kier molecular flexibility index (Phi) is 3.76. The number of anilines is 1. The van der Waals surface area contributed by atoms with Crippen LogP contribution in [0.15, 0.2) is 0 Å². The standard InChI is InChI=1S/C11H20N4S/c1-8-5-3-4-6-9(8)15(2)7-10-13-14-11(12)16-10/h8-9H,3-7H2,1-2H3,(H2,12,14). The summed E-state index contributed by atoms with van der Waals surface area (Å²) in [6.07, 6.45) is 5.41. The molecule has 1 aliphatic carbocycles. The molecule has 1 saturated carbocycles. The Morgan fingerprint density at radius 1 is 1.38 bits per heavy atom. The summed E-state index contributed by atoms with van der Waals surface area (Å²) < 4.78 is 0. The SMILES string of the molecule is CC1CCCCC1N(C)Cc1nnc(N)s1. The van der Waals surface area contributed by atoms with Crippen LogP contribution >= 0.6 is 11.3 Å². The van der Waals surface area contributed by atoms with Crippen molar-refractivity contribution in [1.82, 2.24) is 15.1 Å². The van der Waals surface area contributed by atoms with Crippen molar-refractivity contribution in [2.45, 2.75) is 45.2 Å². The van der Waals surface area contributed by atoms with Gasteiger partial charge in [0.1, 0.15) is 5.01 Å². The maximum atomic E-state index is 5.59. The highest BCUT2D eigenvalue weighted by molar-refractivity contribution is 7.15. The van der Waals surface area contributed by atoms with E-state index in [4.69, 9.17) is 5.73 Å². The normalized spacial score (nSPS) is 26.2. The second kappa shape index (κ2) is 5.10. The van der Waals surface area contributed by atoms with Gasteiger partial charge < -0.3 is 5.73 Å². The fourth-order valence-electron chi connectivity index (χ4n) is 2.61. The summed E-state index contributed by atoms with van der Waals surface area (Å²) >= 11 is 1.50. The minimum atomic E-state index is 0.570. The van der Waals surface area contributed by atoms with Crippen molar-refractivity contribution < 1.29 is 0 Å². The molecule has 4 nitrogen and oxygen atoms in total.